The van der Waals surface area contributed by atoms with Crippen LogP contribution in [-0.4, -0.2) is 56.8 Å². The van der Waals surface area contributed by atoms with Crippen LogP contribution in [0.4, 0.5) is 11.6 Å². The number of nitrogens with zero attached hydrogens (tertiary/aromatic N) is 6. The zero-order valence-electron chi connectivity index (χ0n) is 15.9. The molecule has 1 aliphatic rings. The monoisotopic (exact) mass is 378 g/mol. The second kappa shape index (κ2) is 7.73. The SMILES string of the molecule is Cc1cc(C)n(-c2ccc(C(=O)Nc3cnc(N4CCNCC4)nc3)cn2)n1. The molecule has 1 fully saturated rings. The van der Waals surface area contributed by atoms with Crippen molar-refractivity contribution in [3.05, 3.63) is 53.7 Å². The molecular weight excluding hydrogens is 356 g/mol. The van der Waals surface area contributed by atoms with Gasteiger partial charge in [0.2, 0.25) is 5.95 Å². The van der Waals surface area contributed by atoms with Gasteiger partial charge in [0.1, 0.15) is 0 Å². The summed E-state index contributed by atoms with van der Waals surface area (Å²) < 4.78 is 1.75. The van der Waals surface area contributed by atoms with E-state index in [1.54, 1.807) is 29.2 Å². The molecule has 2 N–H and O–H groups in total. The van der Waals surface area contributed by atoms with Crippen molar-refractivity contribution in [2.75, 3.05) is 36.4 Å². The lowest BCUT2D eigenvalue weighted by Crippen LogP contribution is -2.44. The number of carbonyl (C=O) groups excluding carboxylic acids is 1. The zero-order chi connectivity index (χ0) is 19.5. The predicted octanol–water partition coefficient (Wildman–Crippen LogP) is 1.34. The molecule has 3 aromatic heterocycles. The van der Waals surface area contributed by atoms with E-state index in [4.69, 9.17) is 0 Å². The van der Waals surface area contributed by atoms with Crippen LogP contribution in [0.15, 0.2) is 36.8 Å². The minimum absolute atomic E-state index is 0.258. The number of amides is 1. The lowest BCUT2D eigenvalue weighted by atomic mass is 10.2. The van der Waals surface area contributed by atoms with Gasteiger partial charge < -0.3 is 15.5 Å². The van der Waals surface area contributed by atoms with Gasteiger partial charge in [0.15, 0.2) is 5.82 Å². The van der Waals surface area contributed by atoms with E-state index in [0.29, 0.717) is 23.0 Å². The largest absolute Gasteiger partial charge is 0.338 e. The van der Waals surface area contributed by atoms with Crippen LogP contribution in [0.5, 0.6) is 0 Å². The molecule has 9 nitrogen and oxygen atoms in total. The molecule has 3 aromatic rings. The standard InChI is InChI=1S/C19H22N8O/c1-13-9-14(2)27(25-13)17-4-3-15(10-21-17)18(28)24-16-11-22-19(23-12-16)26-7-5-20-6-8-26/h3-4,9-12,20H,5-8H2,1-2H3,(H,24,28). The Kier molecular flexibility index (Phi) is 4.98. The molecule has 144 valence electrons. The Morgan fingerprint density at radius 2 is 1.82 bits per heavy atom. The number of anilines is 2. The van der Waals surface area contributed by atoms with Crippen LogP contribution in [0, 0.1) is 13.8 Å². The maximum atomic E-state index is 12.5. The molecule has 4 rings (SSSR count). The summed E-state index contributed by atoms with van der Waals surface area (Å²) in [5.41, 5.74) is 2.91. The predicted molar refractivity (Wildman–Crippen MR) is 106 cm³/mol. The number of nitrogens with one attached hydrogen (secondary N) is 2. The van der Waals surface area contributed by atoms with Crippen molar-refractivity contribution in [1.82, 2.24) is 30.0 Å². The van der Waals surface area contributed by atoms with E-state index < -0.39 is 0 Å². The Balaban J connectivity index is 1.42. The van der Waals surface area contributed by atoms with E-state index in [2.05, 4.69) is 35.6 Å². The number of hydrogen-bond donors (Lipinski definition) is 2. The molecule has 0 saturated carbocycles. The van der Waals surface area contributed by atoms with Crippen molar-refractivity contribution in [3.63, 3.8) is 0 Å². The van der Waals surface area contributed by atoms with Gasteiger partial charge in [-0.2, -0.15) is 5.10 Å². The van der Waals surface area contributed by atoms with Crippen molar-refractivity contribution in [2.24, 2.45) is 0 Å². The van der Waals surface area contributed by atoms with E-state index >= 15 is 0 Å². The Morgan fingerprint density at radius 3 is 2.43 bits per heavy atom. The highest BCUT2D eigenvalue weighted by Gasteiger charge is 2.14. The fourth-order valence-electron chi connectivity index (χ4n) is 3.12. The van der Waals surface area contributed by atoms with Crippen LogP contribution in [0.25, 0.3) is 5.82 Å². The smallest absolute Gasteiger partial charge is 0.257 e. The fourth-order valence-corrected chi connectivity index (χ4v) is 3.12. The first-order chi connectivity index (χ1) is 13.6. The molecule has 28 heavy (non-hydrogen) atoms. The van der Waals surface area contributed by atoms with Gasteiger partial charge >= 0.3 is 0 Å². The van der Waals surface area contributed by atoms with E-state index in [9.17, 15) is 4.79 Å². The second-order valence-corrected chi connectivity index (χ2v) is 6.71. The molecule has 1 aliphatic heterocycles. The highest BCUT2D eigenvalue weighted by molar-refractivity contribution is 6.03. The highest BCUT2D eigenvalue weighted by Crippen LogP contribution is 2.13. The zero-order valence-corrected chi connectivity index (χ0v) is 15.9. The van der Waals surface area contributed by atoms with Crippen LogP contribution in [-0.2, 0) is 0 Å². The molecule has 0 atom stereocenters. The summed E-state index contributed by atoms with van der Waals surface area (Å²) in [4.78, 5) is 27.7. The van der Waals surface area contributed by atoms with Crippen LogP contribution in [0.2, 0.25) is 0 Å². The van der Waals surface area contributed by atoms with Crippen LogP contribution < -0.4 is 15.5 Å². The summed E-state index contributed by atoms with van der Waals surface area (Å²) in [6.07, 6.45) is 4.79. The third-order valence-corrected chi connectivity index (χ3v) is 4.53. The van der Waals surface area contributed by atoms with Crippen LogP contribution in [0.3, 0.4) is 0 Å². The normalized spacial score (nSPS) is 14.1. The van der Waals surface area contributed by atoms with E-state index in [1.165, 1.54) is 6.20 Å². The van der Waals surface area contributed by atoms with Crippen LogP contribution >= 0.6 is 0 Å². The Hall–Kier alpha value is -3.33. The summed E-state index contributed by atoms with van der Waals surface area (Å²) in [5.74, 6) is 1.09. The van der Waals surface area contributed by atoms with Gasteiger partial charge in [0, 0.05) is 38.1 Å². The molecule has 0 radical (unpaired) electrons. The third-order valence-electron chi connectivity index (χ3n) is 4.53. The van der Waals surface area contributed by atoms with Crippen LogP contribution in [0.1, 0.15) is 21.7 Å². The molecule has 9 heteroatoms. The van der Waals surface area contributed by atoms with Crippen molar-refractivity contribution >= 4 is 17.5 Å². The highest BCUT2D eigenvalue weighted by atomic mass is 16.1. The minimum Gasteiger partial charge on any atom is -0.338 e. The average Bonchev–Trinajstić information content (AvgIpc) is 3.07. The number of aryl methyl sites for hydroxylation is 2. The average molecular weight is 378 g/mol. The van der Waals surface area contributed by atoms with Gasteiger partial charge in [-0.05, 0) is 32.0 Å². The topological polar surface area (TPSA) is 101 Å². The van der Waals surface area contributed by atoms with Gasteiger partial charge in [-0.15, -0.1) is 0 Å². The van der Waals surface area contributed by atoms with Crippen molar-refractivity contribution in [2.45, 2.75) is 13.8 Å². The summed E-state index contributed by atoms with van der Waals surface area (Å²) in [6.45, 7) is 7.48. The molecule has 0 bridgehead atoms. The summed E-state index contributed by atoms with van der Waals surface area (Å²) in [5, 5.41) is 10.5. The number of hydrogen-bond acceptors (Lipinski definition) is 7. The molecule has 1 saturated heterocycles. The van der Waals surface area contributed by atoms with Crippen molar-refractivity contribution in [1.29, 1.82) is 0 Å². The summed E-state index contributed by atoms with van der Waals surface area (Å²) in [7, 11) is 0. The quantitative estimate of drug-likeness (QED) is 0.706. The summed E-state index contributed by atoms with van der Waals surface area (Å²) >= 11 is 0. The van der Waals surface area contributed by atoms with E-state index in [-0.39, 0.29) is 5.91 Å². The molecule has 0 spiro atoms. The molecular formula is C19H22N8O. The molecule has 4 heterocycles. The molecule has 0 unspecified atom stereocenters. The van der Waals surface area contributed by atoms with Gasteiger partial charge in [-0.25, -0.2) is 19.6 Å². The lowest BCUT2D eigenvalue weighted by molar-refractivity contribution is 0.102. The first-order valence-corrected chi connectivity index (χ1v) is 9.19. The first-order valence-electron chi connectivity index (χ1n) is 9.19. The molecule has 1 amide bonds. The van der Waals surface area contributed by atoms with E-state index in [0.717, 1.165) is 37.6 Å². The van der Waals surface area contributed by atoms with Gasteiger partial charge in [-0.3, -0.25) is 4.79 Å². The maximum absolute atomic E-state index is 12.5. The number of aromatic nitrogens is 5. The van der Waals surface area contributed by atoms with Gasteiger partial charge in [-0.1, -0.05) is 0 Å². The van der Waals surface area contributed by atoms with Crippen molar-refractivity contribution < 1.29 is 4.79 Å². The first kappa shape index (κ1) is 18.1. The third kappa shape index (κ3) is 3.84. The molecule has 0 aromatic carbocycles. The second-order valence-electron chi connectivity index (χ2n) is 6.71. The Morgan fingerprint density at radius 1 is 1.07 bits per heavy atom. The lowest BCUT2D eigenvalue weighted by Gasteiger charge is -2.27. The van der Waals surface area contributed by atoms with Gasteiger partial charge in [0.05, 0.1) is 29.3 Å². The minimum atomic E-state index is -0.258. The van der Waals surface area contributed by atoms with Gasteiger partial charge in [0.25, 0.3) is 5.91 Å². The molecule has 0 aliphatic carbocycles. The Bertz CT molecular complexity index is 959. The fraction of sp³-hybridized carbons (Fsp3) is 0.316. The maximum Gasteiger partial charge on any atom is 0.257 e. The Labute approximate surface area is 162 Å². The van der Waals surface area contributed by atoms with Crippen molar-refractivity contribution in [3.8, 4) is 5.82 Å². The number of rotatable bonds is 4. The number of pyridine rings is 1. The number of piperazine rings is 1. The summed E-state index contributed by atoms with van der Waals surface area (Å²) in [6, 6.07) is 5.48. The van der Waals surface area contributed by atoms with E-state index in [1.807, 2.05) is 19.9 Å². The number of carbonyl (C=O) groups is 1.